The first-order chi connectivity index (χ1) is 8.69. The molecule has 1 aromatic heterocycles. The van der Waals surface area contributed by atoms with E-state index in [0.717, 1.165) is 36.5 Å². The number of rotatable bonds is 4. The molecule has 5 heteroatoms. The van der Waals surface area contributed by atoms with Gasteiger partial charge in [-0.15, -0.1) is 11.3 Å². The number of carboxylic acids is 1. The average Bonchev–Trinajstić information content (AvgIpc) is 3.02. The van der Waals surface area contributed by atoms with Crippen molar-refractivity contribution in [3.05, 3.63) is 11.1 Å². The summed E-state index contributed by atoms with van der Waals surface area (Å²) in [5.41, 5.74) is 1.08. The maximum atomic E-state index is 11.4. The van der Waals surface area contributed by atoms with E-state index in [2.05, 4.69) is 17.2 Å². The number of aliphatic carboxylic acids is 1. The molecule has 3 rings (SSSR count). The predicted octanol–water partition coefficient (Wildman–Crippen LogP) is 2.62. The molecule has 4 atom stereocenters. The van der Waals surface area contributed by atoms with Crippen LogP contribution in [0.15, 0.2) is 5.38 Å². The van der Waals surface area contributed by atoms with Gasteiger partial charge in [0.15, 0.2) is 5.13 Å². The second-order valence-electron chi connectivity index (χ2n) is 5.36. The lowest BCUT2D eigenvalue weighted by molar-refractivity contribution is -0.143. The molecular weight excluding hydrogens is 248 g/mol. The topological polar surface area (TPSA) is 62.2 Å². The van der Waals surface area contributed by atoms with Crippen molar-refractivity contribution >= 4 is 22.4 Å². The summed E-state index contributed by atoms with van der Waals surface area (Å²) in [5.74, 6) is 0.0189. The van der Waals surface area contributed by atoms with Crippen LogP contribution >= 0.6 is 11.3 Å². The Bertz CT molecular complexity index is 460. The molecule has 0 aromatic carbocycles. The van der Waals surface area contributed by atoms with E-state index in [-0.39, 0.29) is 12.0 Å². The molecule has 2 bridgehead atoms. The van der Waals surface area contributed by atoms with Gasteiger partial charge in [0, 0.05) is 11.4 Å². The Balaban J connectivity index is 1.76. The fourth-order valence-corrected chi connectivity index (χ4v) is 4.37. The minimum absolute atomic E-state index is 0.0807. The first-order valence-corrected chi connectivity index (χ1v) is 7.50. The van der Waals surface area contributed by atoms with Crippen molar-refractivity contribution in [1.29, 1.82) is 0 Å². The van der Waals surface area contributed by atoms with Crippen LogP contribution in [0.4, 0.5) is 5.13 Å². The molecular formula is C13H18N2O2S. The number of hydrogen-bond acceptors (Lipinski definition) is 4. The Hall–Kier alpha value is -1.10. The Morgan fingerprint density at radius 1 is 1.56 bits per heavy atom. The van der Waals surface area contributed by atoms with Crippen LogP contribution in [-0.2, 0) is 11.2 Å². The molecule has 2 fully saturated rings. The minimum Gasteiger partial charge on any atom is -0.481 e. The van der Waals surface area contributed by atoms with E-state index in [4.69, 9.17) is 0 Å². The van der Waals surface area contributed by atoms with Crippen LogP contribution in [0, 0.1) is 17.8 Å². The number of carboxylic acid groups (broad SMARTS) is 1. The van der Waals surface area contributed by atoms with Crippen LogP contribution < -0.4 is 5.32 Å². The monoisotopic (exact) mass is 266 g/mol. The summed E-state index contributed by atoms with van der Waals surface area (Å²) in [6.07, 6.45) is 4.24. The average molecular weight is 266 g/mol. The molecule has 0 aliphatic heterocycles. The largest absolute Gasteiger partial charge is 0.481 e. The molecule has 2 aliphatic rings. The normalized spacial score (nSPS) is 33.8. The SMILES string of the molecule is CCc1csc(NC2C3CCC(C3)C2C(=O)O)n1. The van der Waals surface area contributed by atoms with Crippen LogP contribution in [0.5, 0.6) is 0 Å². The molecule has 98 valence electrons. The van der Waals surface area contributed by atoms with Crippen molar-refractivity contribution in [2.75, 3.05) is 5.32 Å². The van der Waals surface area contributed by atoms with Gasteiger partial charge in [0.1, 0.15) is 0 Å². The molecule has 1 heterocycles. The zero-order chi connectivity index (χ0) is 12.7. The molecule has 2 saturated carbocycles. The molecule has 0 amide bonds. The van der Waals surface area contributed by atoms with Crippen molar-refractivity contribution in [2.24, 2.45) is 17.8 Å². The number of carbonyl (C=O) groups is 1. The third-order valence-corrected chi connectivity index (χ3v) is 5.23. The lowest BCUT2D eigenvalue weighted by Crippen LogP contribution is -2.39. The summed E-state index contributed by atoms with van der Waals surface area (Å²) in [7, 11) is 0. The number of anilines is 1. The fourth-order valence-electron chi connectivity index (χ4n) is 3.53. The zero-order valence-corrected chi connectivity index (χ0v) is 11.2. The van der Waals surface area contributed by atoms with Gasteiger partial charge in [-0.2, -0.15) is 0 Å². The van der Waals surface area contributed by atoms with Gasteiger partial charge in [-0.1, -0.05) is 6.92 Å². The maximum Gasteiger partial charge on any atom is 0.308 e. The van der Waals surface area contributed by atoms with E-state index in [0.29, 0.717) is 11.8 Å². The van der Waals surface area contributed by atoms with Gasteiger partial charge in [0.05, 0.1) is 11.6 Å². The van der Waals surface area contributed by atoms with Crippen molar-refractivity contribution in [2.45, 2.75) is 38.6 Å². The number of aromatic nitrogens is 1. The lowest BCUT2D eigenvalue weighted by atomic mass is 9.84. The fraction of sp³-hybridized carbons (Fsp3) is 0.692. The number of nitrogens with one attached hydrogen (secondary N) is 1. The second-order valence-corrected chi connectivity index (χ2v) is 6.22. The lowest BCUT2D eigenvalue weighted by Gasteiger charge is -2.28. The summed E-state index contributed by atoms with van der Waals surface area (Å²) in [4.78, 5) is 15.9. The highest BCUT2D eigenvalue weighted by molar-refractivity contribution is 7.13. The summed E-state index contributed by atoms with van der Waals surface area (Å²) < 4.78 is 0. The molecule has 0 radical (unpaired) electrons. The molecule has 2 aliphatic carbocycles. The van der Waals surface area contributed by atoms with E-state index in [1.165, 1.54) is 0 Å². The standard InChI is InChI=1S/C13H18N2O2S/c1-2-9-6-18-13(14-9)15-11-8-4-3-7(5-8)10(11)12(16)17/h6-8,10-11H,2-5H2,1H3,(H,14,15)(H,16,17). The molecule has 0 spiro atoms. The Kier molecular flexibility index (Phi) is 3.01. The van der Waals surface area contributed by atoms with E-state index in [1.807, 2.05) is 5.38 Å². The smallest absolute Gasteiger partial charge is 0.308 e. The van der Waals surface area contributed by atoms with E-state index in [9.17, 15) is 9.90 Å². The van der Waals surface area contributed by atoms with Gasteiger partial charge >= 0.3 is 5.97 Å². The Morgan fingerprint density at radius 3 is 3.00 bits per heavy atom. The number of hydrogen-bond donors (Lipinski definition) is 2. The predicted molar refractivity (Wildman–Crippen MR) is 70.9 cm³/mol. The number of thiazole rings is 1. The Morgan fingerprint density at radius 2 is 2.33 bits per heavy atom. The van der Waals surface area contributed by atoms with Crippen LogP contribution in [0.2, 0.25) is 0 Å². The molecule has 0 saturated heterocycles. The first kappa shape index (κ1) is 12.0. The highest BCUT2D eigenvalue weighted by atomic mass is 32.1. The zero-order valence-electron chi connectivity index (χ0n) is 10.4. The van der Waals surface area contributed by atoms with Crippen LogP contribution in [0.3, 0.4) is 0 Å². The van der Waals surface area contributed by atoms with Crippen molar-refractivity contribution < 1.29 is 9.90 Å². The van der Waals surface area contributed by atoms with Gasteiger partial charge in [0.25, 0.3) is 0 Å². The third kappa shape index (κ3) is 1.90. The minimum atomic E-state index is -0.646. The van der Waals surface area contributed by atoms with Gasteiger partial charge in [-0.3, -0.25) is 4.79 Å². The molecule has 4 nitrogen and oxygen atoms in total. The number of fused-ring (bicyclic) bond motifs is 2. The molecule has 1 aromatic rings. The highest BCUT2D eigenvalue weighted by Gasteiger charge is 2.51. The van der Waals surface area contributed by atoms with Gasteiger partial charge < -0.3 is 10.4 Å². The quantitative estimate of drug-likeness (QED) is 0.879. The van der Waals surface area contributed by atoms with E-state index < -0.39 is 5.97 Å². The summed E-state index contributed by atoms with van der Waals surface area (Å²) >= 11 is 1.59. The number of aryl methyl sites for hydroxylation is 1. The van der Waals surface area contributed by atoms with Crippen molar-refractivity contribution in [3.8, 4) is 0 Å². The number of nitrogens with zero attached hydrogens (tertiary/aromatic N) is 1. The summed E-state index contributed by atoms with van der Waals surface area (Å²) in [6, 6.07) is 0.0807. The van der Waals surface area contributed by atoms with Crippen molar-refractivity contribution in [3.63, 3.8) is 0 Å². The summed E-state index contributed by atoms with van der Waals surface area (Å²) in [6.45, 7) is 2.08. The van der Waals surface area contributed by atoms with E-state index >= 15 is 0 Å². The van der Waals surface area contributed by atoms with Gasteiger partial charge in [-0.05, 0) is 37.5 Å². The van der Waals surface area contributed by atoms with Crippen molar-refractivity contribution in [1.82, 2.24) is 4.98 Å². The maximum absolute atomic E-state index is 11.4. The highest BCUT2D eigenvalue weighted by Crippen LogP contribution is 2.49. The third-order valence-electron chi connectivity index (χ3n) is 4.41. The molecule has 4 unspecified atom stereocenters. The van der Waals surface area contributed by atoms with E-state index in [1.54, 1.807) is 11.3 Å². The van der Waals surface area contributed by atoms with Crippen LogP contribution in [-0.4, -0.2) is 22.1 Å². The molecule has 18 heavy (non-hydrogen) atoms. The summed E-state index contributed by atoms with van der Waals surface area (Å²) in [5, 5.41) is 15.7. The van der Waals surface area contributed by atoms with Gasteiger partial charge in [-0.25, -0.2) is 4.98 Å². The van der Waals surface area contributed by atoms with Crippen LogP contribution in [0.25, 0.3) is 0 Å². The first-order valence-electron chi connectivity index (χ1n) is 6.62. The van der Waals surface area contributed by atoms with Gasteiger partial charge in [0.2, 0.25) is 0 Å². The second kappa shape index (κ2) is 4.53. The molecule has 2 N–H and O–H groups in total. The Labute approximate surface area is 110 Å². The van der Waals surface area contributed by atoms with Crippen LogP contribution in [0.1, 0.15) is 31.9 Å².